The highest BCUT2D eigenvalue weighted by atomic mass is 127. The van der Waals surface area contributed by atoms with Gasteiger partial charge >= 0.3 is 5.97 Å². The molecule has 4 nitrogen and oxygen atoms in total. The van der Waals surface area contributed by atoms with Crippen LogP contribution in [0.1, 0.15) is 17.3 Å². The van der Waals surface area contributed by atoms with Crippen molar-refractivity contribution >= 4 is 39.7 Å². The van der Waals surface area contributed by atoms with Crippen molar-refractivity contribution in [2.45, 2.75) is 6.92 Å². The number of rotatable bonds is 3. The number of benzene rings is 2. The molecule has 1 heterocycles. The van der Waals surface area contributed by atoms with Crippen LogP contribution in [0.4, 0.5) is 0 Å². The van der Waals surface area contributed by atoms with Crippen molar-refractivity contribution in [3.05, 3.63) is 51.6 Å². The molecule has 0 atom stereocenters. The molecule has 0 saturated heterocycles. The second-order valence-corrected chi connectivity index (χ2v) is 5.68. The maximum Gasteiger partial charge on any atom is 0.338 e. The lowest BCUT2D eigenvalue weighted by molar-refractivity contribution is 0.0526. The summed E-state index contributed by atoms with van der Waals surface area (Å²) in [6.07, 6.45) is 0. The normalized spacial score (nSPS) is 10.8. The number of halogens is 1. The van der Waals surface area contributed by atoms with Crippen LogP contribution in [0.25, 0.3) is 22.6 Å². The van der Waals surface area contributed by atoms with E-state index < -0.39 is 0 Å². The first-order chi connectivity index (χ1) is 10.2. The maximum atomic E-state index is 11.7. The van der Waals surface area contributed by atoms with Crippen LogP contribution in [0.5, 0.6) is 0 Å². The topological polar surface area (TPSA) is 52.3 Å². The van der Waals surface area contributed by atoms with Gasteiger partial charge in [-0.2, -0.15) is 0 Å². The third-order valence-electron chi connectivity index (χ3n) is 2.97. The Kier molecular flexibility index (Phi) is 3.92. The van der Waals surface area contributed by atoms with Gasteiger partial charge in [-0.1, -0.05) is 6.07 Å². The molecule has 0 fully saturated rings. The minimum atomic E-state index is -0.349. The number of aromatic nitrogens is 1. The van der Waals surface area contributed by atoms with Gasteiger partial charge in [-0.15, -0.1) is 0 Å². The summed E-state index contributed by atoms with van der Waals surface area (Å²) in [5.74, 6) is 0.197. The van der Waals surface area contributed by atoms with Crippen molar-refractivity contribution in [2.75, 3.05) is 6.61 Å². The van der Waals surface area contributed by atoms with E-state index in [1.807, 2.05) is 24.3 Å². The lowest BCUT2D eigenvalue weighted by Crippen LogP contribution is -2.03. The van der Waals surface area contributed by atoms with Gasteiger partial charge in [-0.25, -0.2) is 9.78 Å². The number of hydrogen-bond acceptors (Lipinski definition) is 4. The fourth-order valence-corrected chi connectivity index (χ4v) is 2.56. The van der Waals surface area contributed by atoms with Crippen molar-refractivity contribution < 1.29 is 13.9 Å². The molecule has 0 N–H and O–H groups in total. The smallest absolute Gasteiger partial charge is 0.338 e. The lowest BCUT2D eigenvalue weighted by Gasteiger charge is -2.00. The zero-order valence-electron chi connectivity index (χ0n) is 11.3. The summed E-state index contributed by atoms with van der Waals surface area (Å²) in [4.78, 5) is 16.2. The van der Waals surface area contributed by atoms with Gasteiger partial charge in [0.1, 0.15) is 5.52 Å². The molecule has 3 rings (SSSR count). The van der Waals surface area contributed by atoms with Crippen molar-refractivity contribution in [3.63, 3.8) is 0 Å². The Bertz CT molecular complexity index is 810. The monoisotopic (exact) mass is 393 g/mol. The minimum Gasteiger partial charge on any atom is -0.462 e. The van der Waals surface area contributed by atoms with Crippen molar-refractivity contribution in [1.82, 2.24) is 4.98 Å². The number of carbonyl (C=O) groups excluding carboxylic acids is 1. The van der Waals surface area contributed by atoms with Gasteiger partial charge < -0.3 is 9.15 Å². The second kappa shape index (κ2) is 5.85. The van der Waals surface area contributed by atoms with E-state index in [0.29, 0.717) is 29.2 Å². The van der Waals surface area contributed by atoms with Gasteiger partial charge in [-0.05, 0) is 65.9 Å². The molecule has 106 valence electrons. The Morgan fingerprint density at radius 2 is 2.14 bits per heavy atom. The number of ether oxygens (including phenoxy) is 1. The average Bonchev–Trinajstić information content (AvgIpc) is 2.90. The van der Waals surface area contributed by atoms with Crippen LogP contribution in [0.3, 0.4) is 0 Å². The highest BCUT2D eigenvalue weighted by molar-refractivity contribution is 14.1. The van der Waals surface area contributed by atoms with Crippen LogP contribution in [0, 0.1) is 3.57 Å². The summed E-state index contributed by atoms with van der Waals surface area (Å²) in [6, 6.07) is 13.0. The Morgan fingerprint density at radius 1 is 1.29 bits per heavy atom. The van der Waals surface area contributed by atoms with Crippen molar-refractivity contribution in [3.8, 4) is 11.5 Å². The zero-order chi connectivity index (χ0) is 14.8. The molecule has 0 aliphatic rings. The fourth-order valence-electron chi connectivity index (χ4n) is 2.01. The van der Waals surface area contributed by atoms with Gasteiger partial charge in [0, 0.05) is 9.13 Å². The average molecular weight is 393 g/mol. The Balaban J connectivity index is 2.02. The molecular weight excluding hydrogens is 381 g/mol. The van der Waals surface area contributed by atoms with Gasteiger partial charge in [0.05, 0.1) is 12.2 Å². The van der Waals surface area contributed by atoms with E-state index in [-0.39, 0.29) is 5.97 Å². The van der Waals surface area contributed by atoms with Gasteiger partial charge in [-0.3, -0.25) is 0 Å². The minimum absolute atomic E-state index is 0.349. The van der Waals surface area contributed by atoms with Gasteiger partial charge in [0.2, 0.25) is 5.89 Å². The summed E-state index contributed by atoms with van der Waals surface area (Å²) in [5, 5.41) is 0. The van der Waals surface area contributed by atoms with E-state index in [4.69, 9.17) is 9.15 Å². The Morgan fingerprint density at radius 3 is 2.90 bits per heavy atom. The molecule has 2 aromatic carbocycles. The summed E-state index contributed by atoms with van der Waals surface area (Å²) < 4.78 is 11.8. The molecule has 1 aromatic heterocycles. The maximum absolute atomic E-state index is 11.7. The Hall–Kier alpha value is -1.89. The highest BCUT2D eigenvalue weighted by Crippen LogP contribution is 2.26. The standard InChI is InChI=1S/C16H12INO3/c1-2-20-16(19)11-6-7-14-13(9-11)18-15(21-14)10-4-3-5-12(17)8-10/h3-9H,2H2,1H3. The van der Waals surface area contributed by atoms with Crippen LogP contribution in [0.2, 0.25) is 0 Å². The van der Waals surface area contributed by atoms with E-state index in [0.717, 1.165) is 9.13 Å². The predicted molar refractivity (Wildman–Crippen MR) is 88.1 cm³/mol. The molecule has 0 bridgehead atoms. The summed E-state index contributed by atoms with van der Waals surface area (Å²) in [7, 11) is 0. The SMILES string of the molecule is CCOC(=O)c1ccc2oc(-c3cccc(I)c3)nc2c1. The molecule has 0 aliphatic carbocycles. The zero-order valence-corrected chi connectivity index (χ0v) is 13.5. The first-order valence-electron chi connectivity index (χ1n) is 6.51. The molecule has 0 spiro atoms. The first kappa shape index (κ1) is 14.1. The lowest BCUT2D eigenvalue weighted by atomic mass is 10.2. The van der Waals surface area contributed by atoms with E-state index >= 15 is 0 Å². The van der Waals surface area contributed by atoms with E-state index in [9.17, 15) is 4.79 Å². The number of hydrogen-bond donors (Lipinski definition) is 0. The molecule has 0 radical (unpaired) electrons. The van der Waals surface area contributed by atoms with Gasteiger partial charge in [0.15, 0.2) is 5.58 Å². The van der Waals surface area contributed by atoms with Gasteiger partial charge in [0.25, 0.3) is 0 Å². The van der Waals surface area contributed by atoms with Crippen LogP contribution in [-0.2, 0) is 4.74 Å². The van der Waals surface area contributed by atoms with E-state index in [1.54, 1.807) is 25.1 Å². The van der Waals surface area contributed by atoms with E-state index in [1.165, 1.54) is 0 Å². The van der Waals surface area contributed by atoms with Crippen LogP contribution in [0.15, 0.2) is 46.9 Å². The molecule has 0 amide bonds. The Labute approximate surface area is 135 Å². The van der Waals surface area contributed by atoms with Crippen molar-refractivity contribution in [2.24, 2.45) is 0 Å². The summed E-state index contributed by atoms with van der Waals surface area (Å²) in [5.41, 5.74) is 2.69. The predicted octanol–water partition coefficient (Wildman–Crippen LogP) is 4.28. The first-order valence-corrected chi connectivity index (χ1v) is 7.59. The number of fused-ring (bicyclic) bond motifs is 1. The largest absolute Gasteiger partial charge is 0.462 e. The molecule has 0 unspecified atom stereocenters. The number of carbonyl (C=O) groups is 1. The molecular formula is C16H12INO3. The summed E-state index contributed by atoms with van der Waals surface area (Å²) >= 11 is 2.24. The van der Waals surface area contributed by atoms with Crippen LogP contribution in [-0.4, -0.2) is 17.6 Å². The number of oxazole rings is 1. The molecule has 5 heteroatoms. The molecule has 3 aromatic rings. The fraction of sp³-hybridized carbons (Fsp3) is 0.125. The van der Waals surface area contributed by atoms with Crippen LogP contribution >= 0.6 is 22.6 Å². The number of esters is 1. The van der Waals surface area contributed by atoms with Crippen molar-refractivity contribution in [1.29, 1.82) is 0 Å². The highest BCUT2D eigenvalue weighted by Gasteiger charge is 2.12. The molecule has 21 heavy (non-hydrogen) atoms. The number of nitrogens with zero attached hydrogens (tertiary/aromatic N) is 1. The molecule has 0 saturated carbocycles. The van der Waals surface area contributed by atoms with Crippen LogP contribution < -0.4 is 0 Å². The third-order valence-corrected chi connectivity index (χ3v) is 3.64. The quantitative estimate of drug-likeness (QED) is 0.493. The summed E-state index contributed by atoms with van der Waals surface area (Å²) in [6.45, 7) is 2.13. The van der Waals surface area contributed by atoms with E-state index in [2.05, 4.69) is 27.6 Å². The third kappa shape index (κ3) is 2.92. The molecule has 0 aliphatic heterocycles. The second-order valence-electron chi connectivity index (χ2n) is 4.43.